The average Bonchev–Trinajstić information content (AvgIpc) is 2.37. The van der Waals surface area contributed by atoms with Gasteiger partial charge in [-0.3, -0.25) is 0 Å². The zero-order valence-electron chi connectivity index (χ0n) is 11.2. The Morgan fingerprint density at radius 2 is 2.05 bits per heavy atom. The Morgan fingerprint density at radius 1 is 1.25 bits per heavy atom. The number of hydrogen-bond acceptors (Lipinski definition) is 1. The molecule has 20 heavy (non-hydrogen) atoms. The van der Waals surface area contributed by atoms with E-state index < -0.39 is 0 Å². The predicted molar refractivity (Wildman–Crippen MR) is 85.9 cm³/mol. The van der Waals surface area contributed by atoms with E-state index in [0.717, 1.165) is 33.6 Å². The summed E-state index contributed by atoms with van der Waals surface area (Å²) < 4.78 is 14.2. The molecule has 0 aliphatic carbocycles. The third kappa shape index (κ3) is 4.30. The van der Waals surface area contributed by atoms with Gasteiger partial charge in [0.15, 0.2) is 0 Å². The lowest BCUT2D eigenvalue weighted by Gasteiger charge is -2.18. The highest BCUT2D eigenvalue weighted by Crippen LogP contribution is 2.25. The van der Waals surface area contributed by atoms with Crippen molar-refractivity contribution in [3.63, 3.8) is 0 Å². The van der Waals surface area contributed by atoms with E-state index in [1.807, 2.05) is 31.3 Å². The van der Waals surface area contributed by atoms with Crippen LogP contribution >= 0.6 is 27.5 Å². The number of halogens is 3. The zero-order chi connectivity index (χ0) is 14.5. The molecule has 0 saturated heterocycles. The molecule has 0 aliphatic rings. The van der Waals surface area contributed by atoms with Gasteiger partial charge in [-0.05, 0) is 54.9 Å². The topological polar surface area (TPSA) is 12.0 Å². The Morgan fingerprint density at radius 3 is 2.70 bits per heavy atom. The first kappa shape index (κ1) is 15.5. The molecule has 1 atom stereocenters. The minimum Gasteiger partial charge on any atom is -0.319 e. The van der Waals surface area contributed by atoms with Gasteiger partial charge in [0, 0.05) is 22.0 Å². The van der Waals surface area contributed by atoms with Crippen LogP contribution in [0.2, 0.25) is 5.02 Å². The molecule has 0 fully saturated rings. The van der Waals surface area contributed by atoms with Crippen LogP contribution in [0.3, 0.4) is 0 Å². The highest BCUT2D eigenvalue weighted by molar-refractivity contribution is 9.10. The highest BCUT2D eigenvalue weighted by Gasteiger charge is 2.13. The lowest BCUT2D eigenvalue weighted by Crippen LogP contribution is -2.19. The Kier molecular flexibility index (Phi) is 5.58. The summed E-state index contributed by atoms with van der Waals surface area (Å²) in [6.45, 7) is 0.814. The average molecular weight is 357 g/mol. The number of likely N-dealkylation sites (N-methyl/N-ethyl adjacent to an activating group) is 1. The molecule has 2 aromatic carbocycles. The van der Waals surface area contributed by atoms with Gasteiger partial charge in [-0.2, -0.15) is 0 Å². The molecule has 0 spiro atoms. The van der Waals surface area contributed by atoms with Crippen LogP contribution in [0.5, 0.6) is 0 Å². The largest absolute Gasteiger partial charge is 0.319 e. The van der Waals surface area contributed by atoms with E-state index in [1.54, 1.807) is 6.07 Å². The second-order valence-electron chi connectivity index (χ2n) is 4.79. The predicted octanol–water partition coefficient (Wildman–Crippen LogP) is 4.79. The molecule has 0 heterocycles. The van der Waals surface area contributed by atoms with Crippen molar-refractivity contribution >= 4 is 27.5 Å². The third-order valence-electron chi connectivity index (χ3n) is 3.18. The standard InChI is InChI=1S/C16H16BrClFN/c1-20-10-13(12-3-2-4-15(18)8-12)5-11-6-14(17)9-16(19)7-11/h2-4,6-9,13,20H,5,10H2,1H3. The van der Waals surface area contributed by atoms with Gasteiger partial charge in [0.1, 0.15) is 5.82 Å². The van der Waals surface area contributed by atoms with Gasteiger partial charge in [0.25, 0.3) is 0 Å². The number of hydrogen-bond donors (Lipinski definition) is 1. The van der Waals surface area contributed by atoms with Crippen molar-refractivity contribution in [3.05, 3.63) is 68.9 Å². The number of rotatable bonds is 5. The second-order valence-corrected chi connectivity index (χ2v) is 6.14. The summed E-state index contributed by atoms with van der Waals surface area (Å²) in [5.74, 6) is 0.0380. The van der Waals surface area contributed by atoms with Gasteiger partial charge < -0.3 is 5.32 Å². The quantitative estimate of drug-likeness (QED) is 0.812. The maximum Gasteiger partial charge on any atom is 0.124 e. The molecule has 106 valence electrons. The van der Waals surface area contributed by atoms with E-state index in [9.17, 15) is 4.39 Å². The zero-order valence-corrected chi connectivity index (χ0v) is 13.5. The molecule has 1 nitrogen and oxygen atoms in total. The van der Waals surface area contributed by atoms with Crippen LogP contribution < -0.4 is 5.32 Å². The first-order valence-corrected chi connectivity index (χ1v) is 7.60. The first-order valence-electron chi connectivity index (χ1n) is 6.43. The van der Waals surface area contributed by atoms with Crippen molar-refractivity contribution in [2.45, 2.75) is 12.3 Å². The van der Waals surface area contributed by atoms with Crippen molar-refractivity contribution in [3.8, 4) is 0 Å². The van der Waals surface area contributed by atoms with Gasteiger partial charge in [-0.1, -0.05) is 39.7 Å². The molecule has 0 aromatic heterocycles. The van der Waals surface area contributed by atoms with Crippen LogP contribution in [-0.4, -0.2) is 13.6 Å². The molecule has 2 rings (SSSR count). The summed E-state index contributed by atoms with van der Waals surface area (Å²) >= 11 is 9.39. The van der Waals surface area contributed by atoms with Crippen LogP contribution in [0.1, 0.15) is 17.0 Å². The minimum atomic E-state index is -0.219. The Hall–Kier alpha value is -0.900. The van der Waals surface area contributed by atoms with Gasteiger partial charge in [0.05, 0.1) is 0 Å². The molecule has 1 unspecified atom stereocenters. The smallest absolute Gasteiger partial charge is 0.124 e. The van der Waals surface area contributed by atoms with Crippen molar-refractivity contribution in [2.24, 2.45) is 0 Å². The molecule has 0 saturated carbocycles. The molecular weight excluding hydrogens is 341 g/mol. The van der Waals surface area contributed by atoms with Crippen LogP contribution in [0.25, 0.3) is 0 Å². The fraction of sp³-hybridized carbons (Fsp3) is 0.250. The molecule has 1 N–H and O–H groups in total. The van der Waals surface area contributed by atoms with Crippen molar-refractivity contribution in [1.82, 2.24) is 5.32 Å². The summed E-state index contributed by atoms with van der Waals surface area (Å²) in [4.78, 5) is 0. The molecule has 0 amide bonds. The molecule has 0 aliphatic heterocycles. The summed E-state index contributed by atoms with van der Waals surface area (Å²) in [7, 11) is 1.92. The van der Waals surface area contributed by atoms with Gasteiger partial charge in [-0.15, -0.1) is 0 Å². The summed E-state index contributed by atoms with van der Waals surface area (Å²) in [5, 5.41) is 3.91. The maximum atomic E-state index is 13.5. The summed E-state index contributed by atoms with van der Waals surface area (Å²) in [6.07, 6.45) is 0.761. The SMILES string of the molecule is CNCC(Cc1cc(F)cc(Br)c1)c1cccc(Cl)c1. The normalized spacial score (nSPS) is 12.4. The summed E-state index contributed by atoms with van der Waals surface area (Å²) in [5.41, 5.74) is 2.13. The van der Waals surface area contributed by atoms with E-state index in [2.05, 4.69) is 27.3 Å². The molecule has 2 aromatic rings. The molecule has 4 heteroatoms. The number of nitrogens with one attached hydrogen (secondary N) is 1. The van der Waals surface area contributed by atoms with E-state index in [4.69, 9.17) is 11.6 Å². The van der Waals surface area contributed by atoms with Gasteiger partial charge in [0.2, 0.25) is 0 Å². The number of benzene rings is 2. The molecular formula is C16H16BrClFN. The second kappa shape index (κ2) is 7.21. The van der Waals surface area contributed by atoms with E-state index >= 15 is 0 Å². The monoisotopic (exact) mass is 355 g/mol. The molecule has 0 radical (unpaired) electrons. The summed E-state index contributed by atoms with van der Waals surface area (Å²) in [6, 6.07) is 12.8. The van der Waals surface area contributed by atoms with E-state index in [1.165, 1.54) is 6.07 Å². The molecule has 0 bridgehead atoms. The fourth-order valence-electron chi connectivity index (χ4n) is 2.33. The maximum absolute atomic E-state index is 13.5. The lowest BCUT2D eigenvalue weighted by molar-refractivity contribution is 0.607. The Bertz CT molecular complexity index is 568. The first-order chi connectivity index (χ1) is 9.58. The minimum absolute atomic E-state index is 0.219. The highest BCUT2D eigenvalue weighted by atomic mass is 79.9. The van der Waals surface area contributed by atoms with Gasteiger partial charge in [-0.25, -0.2) is 4.39 Å². The van der Waals surface area contributed by atoms with Crippen molar-refractivity contribution in [1.29, 1.82) is 0 Å². The van der Waals surface area contributed by atoms with Crippen LogP contribution in [0.15, 0.2) is 46.9 Å². The Balaban J connectivity index is 2.25. The van der Waals surface area contributed by atoms with Crippen molar-refractivity contribution < 1.29 is 4.39 Å². The van der Waals surface area contributed by atoms with Gasteiger partial charge >= 0.3 is 0 Å². The van der Waals surface area contributed by atoms with Crippen LogP contribution in [-0.2, 0) is 6.42 Å². The fourth-order valence-corrected chi connectivity index (χ4v) is 3.04. The van der Waals surface area contributed by atoms with E-state index in [0.29, 0.717) is 0 Å². The van der Waals surface area contributed by atoms with E-state index in [-0.39, 0.29) is 11.7 Å². The van der Waals surface area contributed by atoms with Crippen LogP contribution in [0, 0.1) is 5.82 Å². The van der Waals surface area contributed by atoms with Crippen molar-refractivity contribution in [2.75, 3.05) is 13.6 Å². The van der Waals surface area contributed by atoms with Crippen LogP contribution in [0.4, 0.5) is 4.39 Å². The Labute approximate surface area is 132 Å². The lowest BCUT2D eigenvalue weighted by atomic mass is 9.92. The third-order valence-corrected chi connectivity index (χ3v) is 3.87.